The molecule has 278 valence electrons. The van der Waals surface area contributed by atoms with Gasteiger partial charge in [-0.25, -0.2) is 4.98 Å². The third-order valence-corrected chi connectivity index (χ3v) is 12.0. The Labute approximate surface area is 341 Å². The van der Waals surface area contributed by atoms with Crippen LogP contribution in [0.3, 0.4) is 0 Å². The number of rotatable bonds is 4. The highest BCUT2D eigenvalue weighted by atomic mass is 16.3. The Morgan fingerprint density at radius 1 is 0.467 bits per heavy atom. The lowest BCUT2D eigenvalue weighted by atomic mass is 10.0. The van der Waals surface area contributed by atoms with Crippen molar-refractivity contribution in [3.63, 3.8) is 0 Å². The number of nitrogens with zero attached hydrogens (tertiary/aromatic N) is 5. The van der Waals surface area contributed by atoms with E-state index in [1.54, 1.807) is 0 Å². The first-order valence-corrected chi connectivity index (χ1v) is 19.9. The number of furan rings is 2. The van der Waals surface area contributed by atoms with E-state index in [4.69, 9.17) is 18.8 Å². The summed E-state index contributed by atoms with van der Waals surface area (Å²) in [7, 11) is 0. The van der Waals surface area contributed by atoms with Crippen molar-refractivity contribution >= 4 is 87.6 Å². The Balaban J connectivity index is 1.18. The summed E-state index contributed by atoms with van der Waals surface area (Å²) in [6.45, 7) is 0. The number of nitriles is 1. The minimum atomic E-state index is 0.497. The molecular formula is C53H29N5O2. The molecule has 0 aliphatic carbocycles. The number of hydrogen-bond donors (Lipinski definition) is 0. The van der Waals surface area contributed by atoms with E-state index in [2.05, 4.69) is 112 Å². The van der Waals surface area contributed by atoms with Crippen molar-refractivity contribution in [2.45, 2.75) is 0 Å². The maximum absolute atomic E-state index is 11.2. The molecule has 5 heterocycles. The lowest BCUT2D eigenvalue weighted by Crippen LogP contribution is -2.00. The monoisotopic (exact) mass is 767 g/mol. The molecule has 5 aromatic heterocycles. The molecule has 13 rings (SSSR count). The van der Waals surface area contributed by atoms with Gasteiger partial charge >= 0.3 is 0 Å². The van der Waals surface area contributed by atoms with Gasteiger partial charge in [0.25, 0.3) is 0 Å². The predicted molar refractivity (Wildman–Crippen MR) is 241 cm³/mol. The molecule has 0 radical (unpaired) electrons. The van der Waals surface area contributed by atoms with Crippen LogP contribution in [0.4, 0.5) is 0 Å². The van der Waals surface area contributed by atoms with Crippen molar-refractivity contribution in [1.29, 1.82) is 5.26 Å². The Kier molecular flexibility index (Phi) is 6.66. The second kappa shape index (κ2) is 12.3. The fourth-order valence-electron chi connectivity index (χ4n) is 9.49. The summed E-state index contributed by atoms with van der Waals surface area (Å²) in [5, 5.41) is 19.2. The average Bonchev–Trinajstić information content (AvgIpc) is 4.07. The molecule has 8 aromatic carbocycles. The summed E-state index contributed by atoms with van der Waals surface area (Å²) < 4.78 is 17.9. The second-order valence-corrected chi connectivity index (χ2v) is 15.2. The van der Waals surface area contributed by atoms with Crippen LogP contribution in [0.2, 0.25) is 0 Å². The number of para-hydroxylation sites is 5. The second-order valence-electron chi connectivity index (χ2n) is 15.2. The van der Waals surface area contributed by atoms with Crippen LogP contribution in [0.5, 0.6) is 0 Å². The van der Waals surface area contributed by atoms with E-state index >= 15 is 0 Å². The molecule has 60 heavy (non-hydrogen) atoms. The largest absolute Gasteiger partial charge is 0.455 e. The summed E-state index contributed by atoms with van der Waals surface area (Å²) in [6.07, 6.45) is 0. The highest BCUT2D eigenvalue weighted by Crippen LogP contribution is 2.50. The highest BCUT2D eigenvalue weighted by Gasteiger charge is 2.28. The summed E-state index contributed by atoms with van der Waals surface area (Å²) in [4.78, 5) is 10.1. The summed E-state index contributed by atoms with van der Waals surface area (Å²) in [6, 6.07) is 62.4. The van der Waals surface area contributed by atoms with Crippen LogP contribution in [0, 0.1) is 11.3 Å². The van der Waals surface area contributed by atoms with Gasteiger partial charge in [0.1, 0.15) is 22.8 Å². The fraction of sp³-hybridized carbons (Fsp3) is 0. The standard InChI is InChI=1S/C53H29N5O2/c54-30-33-29-32(48-44-37-21-9-14-26-43(37)60-53(44)56-52(55-48)31-15-3-1-4-16-31)27-28-39(33)58-41-24-12-8-20-36(41)46-50(58)45-35-19-7-11-23-40(35)57(34-17-5-2-6-18-34)49(45)47-38-22-10-13-25-42(38)59-51(46)47/h1-29H. The lowest BCUT2D eigenvalue weighted by molar-refractivity contribution is 0.653. The van der Waals surface area contributed by atoms with Gasteiger partial charge in [-0.2, -0.15) is 10.2 Å². The van der Waals surface area contributed by atoms with Crippen molar-refractivity contribution in [2.24, 2.45) is 0 Å². The molecule has 0 bridgehead atoms. The van der Waals surface area contributed by atoms with Gasteiger partial charge in [-0.3, -0.25) is 0 Å². The Hall–Kier alpha value is -8.47. The molecular weight excluding hydrogens is 739 g/mol. The SMILES string of the molecule is N#Cc1cc(-c2nc(-c3ccccc3)nc3oc4ccccc4c23)ccc1-n1c2ccccc2c2c3oc4ccccc4c3c3c(c4ccccc4n3-c3ccccc3)c21. The number of benzene rings is 8. The average molecular weight is 768 g/mol. The molecule has 0 atom stereocenters. The quantitative estimate of drug-likeness (QED) is 0.178. The zero-order chi connectivity index (χ0) is 39.5. The topological polar surface area (TPSA) is 85.7 Å². The van der Waals surface area contributed by atoms with Crippen LogP contribution in [0.1, 0.15) is 5.56 Å². The Bertz CT molecular complexity index is 3960. The van der Waals surface area contributed by atoms with Crippen LogP contribution < -0.4 is 0 Å². The summed E-state index contributed by atoms with van der Waals surface area (Å²) in [5.74, 6) is 0.550. The maximum Gasteiger partial charge on any atom is 0.231 e. The van der Waals surface area contributed by atoms with E-state index in [1.165, 1.54) is 0 Å². The van der Waals surface area contributed by atoms with Gasteiger partial charge in [0.15, 0.2) is 5.82 Å². The zero-order valence-corrected chi connectivity index (χ0v) is 31.8. The van der Waals surface area contributed by atoms with E-state index in [9.17, 15) is 5.26 Å². The third-order valence-electron chi connectivity index (χ3n) is 12.0. The Morgan fingerprint density at radius 3 is 1.77 bits per heavy atom. The van der Waals surface area contributed by atoms with Gasteiger partial charge < -0.3 is 18.0 Å². The number of fused-ring (bicyclic) bond motifs is 15. The van der Waals surface area contributed by atoms with Gasteiger partial charge in [-0.05, 0) is 48.5 Å². The van der Waals surface area contributed by atoms with Crippen molar-refractivity contribution in [1.82, 2.24) is 19.1 Å². The van der Waals surface area contributed by atoms with Gasteiger partial charge in [0, 0.05) is 43.7 Å². The van der Waals surface area contributed by atoms with E-state index in [-0.39, 0.29) is 0 Å². The molecule has 7 nitrogen and oxygen atoms in total. The normalized spacial score (nSPS) is 12.0. The lowest BCUT2D eigenvalue weighted by Gasteiger charge is -2.14. The number of hydrogen-bond acceptors (Lipinski definition) is 5. The summed E-state index contributed by atoms with van der Waals surface area (Å²) >= 11 is 0. The molecule has 0 aliphatic rings. The zero-order valence-electron chi connectivity index (χ0n) is 31.8. The fourth-order valence-corrected chi connectivity index (χ4v) is 9.49. The minimum absolute atomic E-state index is 0.497. The molecule has 0 saturated heterocycles. The highest BCUT2D eigenvalue weighted by molar-refractivity contribution is 6.39. The van der Waals surface area contributed by atoms with Crippen LogP contribution in [0.15, 0.2) is 185 Å². The molecule has 0 spiro atoms. The molecule has 0 fully saturated rings. The smallest absolute Gasteiger partial charge is 0.231 e. The van der Waals surface area contributed by atoms with E-state index in [1.807, 2.05) is 78.9 Å². The van der Waals surface area contributed by atoms with Gasteiger partial charge in [-0.1, -0.05) is 127 Å². The maximum atomic E-state index is 11.2. The first-order chi connectivity index (χ1) is 29.7. The molecule has 0 aliphatic heterocycles. The molecule has 7 heteroatoms. The number of aromatic nitrogens is 4. The van der Waals surface area contributed by atoms with Crippen molar-refractivity contribution in [2.75, 3.05) is 0 Å². The van der Waals surface area contributed by atoms with E-state index < -0.39 is 0 Å². The molecule has 0 saturated carbocycles. The summed E-state index contributed by atoms with van der Waals surface area (Å²) in [5.41, 5.74) is 11.6. The van der Waals surface area contributed by atoms with Gasteiger partial charge in [-0.15, -0.1) is 0 Å². The van der Waals surface area contributed by atoms with Crippen LogP contribution in [0.25, 0.3) is 122 Å². The molecule has 13 aromatic rings. The van der Waals surface area contributed by atoms with E-state index in [0.29, 0.717) is 22.8 Å². The van der Waals surface area contributed by atoms with Crippen molar-refractivity contribution < 1.29 is 8.83 Å². The minimum Gasteiger partial charge on any atom is -0.455 e. The van der Waals surface area contributed by atoms with Crippen molar-refractivity contribution in [3.8, 4) is 40.1 Å². The van der Waals surface area contributed by atoms with Crippen molar-refractivity contribution in [3.05, 3.63) is 181 Å². The van der Waals surface area contributed by atoms with Crippen LogP contribution in [-0.2, 0) is 0 Å². The first-order valence-electron chi connectivity index (χ1n) is 19.9. The molecule has 0 unspecified atom stereocenters. The Morgan fingerprint density at radius 2 is 1.03 bits per heavy atom. The molecule has 0 amide bonds. The first kappa shape index (κ1) is 32.6. The van der Waals surface area contributed by atoms with Crippen LogP contribution >= 0.6 is 0 Å². The molecule has 0 N–H and O–H groups in total. The van der Waals surface area contributed by atoms with Gasteiger partial charge in [0.05, 0.1) is 55.2 Å². The van der Waals surface area contributed by atoms with Gasteiger partial charge in [0.2, 0.25) is 5.71 Å². The van der Waals surface area contributed by atoms with Crippen LogP contribution in [-0.4, -0.2) is 19.1 Å². The predicted octanol–water partition coefficient (Wildman–Crippen LogP) is 13.7. The third kappa shape index (κ3) is 4.42. The van der Waals surface area contributed by atoms with E-state index in [0.717, 1.165) is 104 Å².